The lowest BCUT2D eigenvalue weighted by Crippen LogP contribution is -2.18. The minimum absolute atomic E-state index is 0.0296. The Hall–Kier alpha value is -1.92. The van der Waals surface area contributed by atoms with E-state index < -0.39 is 4.92 Å². The summed E-state index contributed by atoms with van der Waals surface area (Å²) >= 11 is 0. The van der Waals surface area contributed by atoms with Crippen molar-refractivity contribution in [1.29, 1.82) is 0 Å². The molecule has 1 unspecified atom stereocenters. The van der Waals surface area contributed by atoms with E-state index in [1.807, 2.05) is 27.7 Å². The molecule has 0 aliphatic carbocycles. The van der Waals surface area contributed by atoms with E-state index in [4.69, 9.17) is 4.74 Å². The van der Waals surface area contributed by atoms with Crippen molar-refractivity contribution in [3.8, 4) is 5.88 Å². The Morgan fingerprint density at radius 1 is 1.35 bits per heavy atom. The maximum absolute atomic E-state index is 11.3. The van der Waals surface area contributed by atoms with Crippen molar-refractivity contribution >= 4 is 11.5 Å². The summed E-state index contributed by atoms with van der Waals surface area (Å²) in [5, 5.41) is 14.3. The van der Waals surface area contributed by atoms with Gasteiger partial charge in [0.2, 0.25) is 5.82 Å². The molecular weight excluding hydrogens is 260 g/mol. The predicted octanol–water partition coefficient (Wildman–Crippen LogP) is 2.94. The maximum atomic E-state index is 11.3. The molecule has 0 spiro atoms. The minimum Gasteiger partial charge on any atom is -0.472 e. The van der Waals surface area contributed by atoms with Gasteiger partial charge in [-0.3, -0.25) is 10.1 Å². The summed E-state index contributed by atoms with van der Waals surface area (Å²) in [6.07, 6.45) is 0.836. The van der Waals surface area contributed by atoms with Gasteiger partial charge in [-0.25, -0.2) is 4.98 Å². The molecule has 0 radical (unpaired) electrons. The molecule has 20 heavy (non-hydrogen) atoms. The zero-order valence-electron chi connectivity index (χ0n) is 12.6. The number of anilines is 1. The summed E-state index contributed by atoms with van der Waals surface area (Å²) in [7, 11) is 0. The van der Waals surface area contributed by atoms with Crippen LogP contribution in [0.3, 0.4) is 0 Å². The first-order valence-corrected chi connectivity index (χ1v) is 6.77. The van der Waals surface area contributed by atoms with Gasteiger partial charge in [0.05, 0.1) is 11.5 Å². The first kappa shape index (κ1) is 16.1. The van der Waals surface area contributed by atoms with Crippen LogP contribution in [-0.2, 0) is 0 Å². The Morgan fingerprint density at radius 2 is 2.00 bits per heavy atom. The van der Waals surface area contributed by atoms with E-state index in [2.05, 4.69) is 15.3 Å². The highest BCUT2D eigenvalue weighted by Crippen LogP contribution is 2.32. The molecule has 0 aliphatic rings. The average Bonchev–Trinajstić information content (AvgIpc) is 2.34. The Bertz CT molecular complexity index is 477. The van der Waals surface area contributed by atoms with Gasteiger partial charge < -0.3 is 10.1 Å². The van der Waals surface area contributed by atoms with E-state index in [9.17, 15) is 10.1 Å². The van der Waals surface area contributed by atoms with Crippen molar-refractivity contribution in [2.24, 2.45) is 5.92 Å². The van der Waals surface area contributed by atoms with Gasteiger partial charge in [-0.15, -0.1) is 0 Å². The van der Waals surface area contributed by atoms with Gasteiger partial charge in [-0.1, -0.05) is 20.8 Å². The first-order chi connectivity index (χ1) is 9.35. The SMILES string of the molecule is CCC(C)Nc1nc(C)nc(OCC(C)C)c1[N+](=O)[O-]. The standard InChI is InChI=1S/C13H22N4O3/c1-6-9(4)14-12-11(17(18)19)13(16-10(5)15-12)20-7-8(2)3/h8-9H,6-7H2,1-5H3,(H,14,15,16). The van der Waals surface area contributed by atoms with Crippen molar-refractivity contribution in [3.05, 3.63) is 15.9 Å². The summed E-state index contributed by atoms with van der Waals surface area (Å²) in [5.74, 6) is 0.952. The molecule has 0 bridgehead atoms. The lowest BCUT2D eigenvalue weighted by Gasteiger charge is -2.14. The molecule has 0 aliphatic heterocycles. The zero-order valence-corrected chi connectivity index (χ0v) is 12.6. The van der Waals surface area contributed by atoms with Crippen LogP contribution in [0.5, 0.6) is 5.88 Å². The minimum atomic E-state index is -0.500. The second-order valence-electron chi connectivity index (χ2n) is 5.19. The summed E-state index contributed by atoms with van der Waals surface area (Å²) in [6.45, 7) is 9.94. The number of rotatable bonds is 7. The van der Waals surface area contributed by atoms with E-state index in [0.717, 1.165) is 6.42 Å². The fraction of sp³-hybridized carbons (Fsp3) is 0.692. The van der Waals surface area contributed by atoms with Crippen LogP contribution in [0.15, 0.2) is 0 Å². The fourth-order valence-electron chi connectivity index (χ4n) is 1.49. The Balaban J connectivity index is 3.17. The molecule has 0 saturated carbocycles. The number of aryl methyl sites for hydroxylation is 1. The number of hydrogen-bond donors (Lipinski definition) is 1. The molecule has 7 heteroatoms. The second-order valence-corrected chi connectivity index (χ2v) is 5.19. The molecule has 0 fully saturated rings. The van der Waals surface area contributed by atoms with Crippen LogP contribution in [0, 0.1) is 23.0 Å². The highest BCUT2D eigenvalue weighted by molar-refractivity contribution is 5.62. The Morgan fingerprint density at radius 3 is 2.50 bits per heavy atom. The van der Waals surface area contributed by atoms with Crippen molar-refractivity contribution in [2.75, 3.05) is 11.9 Å². The van der Waals surface area contributed by atoms with Gasteiger partial charge in [0.15, 0.2) is 0 Å². The highest BCUT2D eigenvalue weighted by Gasteiger charge is 2.26. The molecule has 0 amide bonds. The third-order valence-electron chi connectivity index (χ3n) is 2.70. The van der Waals surface area contributed by atoms with E-state index >= 15 is 0 Å². The normalized spacial score (nSPS) is 12.3. The average molecular weight is 282 g/mol. The predicted molar refractivity (Wildman–Crippen MR) is 77.1 cm³/mol. The molecular formula is C13H22N4O3. The van der Waals surface area contributed by atoms with Gasteiger partial charge in [-0.2, -0.15) is 4.98 Å². The summed E-state index contributed by atoms with van der Waals surface area (Å²) in [6, 6.07) is 0.0842. The molecule has 112 valence electrons. The zero-order chi connectivity index (χ0) is 15.3. The van der Waals surface area contributed by atoms with Crippen molar-refractivity contribution in [3.63, 3.8) is 0 Å². The number of nitrogens with one attached hydrogen (secondary N) is 1. The molecule has 1 heterocycles. The van der Waals surface area contributed by atoms with Crippen LogP contribution in [0.2, 0.25) is 0 Å². The molecule has 1 aromatic heterocycles. The van der Waals surface area contributed by atoms with Crippen LogP contribution >= 0.6 is 0 Å². The fourth-order valence-corrected chi connectivity index (χ4v) is 1.49. The van der Waals surface area contributed by atoms with E-state index in [0.29, 0.717) is 12.4 Å². The van der Waals surface area contributed by atoms with Crippen molar-refractivity contribution < 1.29 is 9.66 Å². The van der Waals surface area contributed by atoms with Crippen LogP contribution in [0.1, 0.15) is 39.9 Å². The molecule has 1 N–H and O–H groups in total. The van der Waals surface area contributed by atoms with E-state index in [-0.39, 0.29) is 29.3 Å². The number of hydrogen-bond acceptors (Lipinski definition) is 6. The topological polar surface area (TPSA) is 90.2 Å². The molecule has 1 rings (SSSR count). The van der Waals surface area contributed by atoms with E-state index in [1.165, 1.54) is 0 Å². The van der Waals surface area contributed by atoms with Crippen LogP contribution < -0.4 is 10.1 Å². The van der Waals surface area contributed by atoms with Crippen molar-refractivity contribution in [2.45, 2.75) is 47.1 Å². The lowest BCUT2D eigenvalue weighted by atomic mass is 10.2. The summed E-state index contributed by atoms with van der Waals surface area (Å²) < 4.78 is 5.46. The Kier molecular flexibility index (Phi) is 5.66. The van der Waals surface area contributed by atoms with Crippen LogP contribution in [-0.4, -0.2) is 27.5 Å². The van der Waals surface area contributed by atoms with Gasteiger partial charge in [-0.05, 0) is 26.2 Å². The van der Waals surface area contributed by atoms with Gasteiger partial charge in [0.25, 0.3) is 5.88 Å². The number of nitrogens with zero attached hydrogens (tertiary/aromatic N) is 3. The highest BCUT2D eigenvalue weighted by atomic mass is 16.6. The Labute approximate surface area is 118 Å². The third kappa shape index (κ3) is 4.32. The quantitative estimate of drug-likeness (QED) is 0.610. The first-order valence-electron chi connectivity index (χ1n) is 6.77. The van der Waals surface area contributed by atoms with E-state index in [1.54, 1.807) is 6.92 Å². The summed E-state index contributed by atoms with van der Waals surface area (Å²) in [5.41, 5.74) is -0.198. The molecule has 1 aromatic rings. The molecule has 1 atom stereocenters. The van der Waals surface area contributed by atoms with Gasteiger partial charge in [0.1, 0.15) is 5.82 Å². The van der Waals surface area contributed by atoms with Crippen molar-refractivity contribution in [1.82, 2.24) is 9.97 Å². The lowest BCUT2D eigenvalue weighted by molar-refractivity contribution is -0.385. The smallest absolute Gasteiger partial charge is 0.372 e. The monoisotopic (exact) mass is 282 g/mol. The largest absolute Gasteiger partial charge is 0.472 e. The molecule has 7 nitrogen and oxygen atoms in total. The maximum Gasteiger partial charge on any atom is 0.372 e. The number of aromatic nitrogens is 2. The molecule has 0 aromatic carbocycles. The molecule has 0 saturated heterocycles. The van der Waals surface area contributed by atoms with Gasteiger partial charge in [0, 0.05) is 6.04 Å². The third-order valence-corrected chi connectivity index (χ3v) is 2.70. The summed E-state index contributed by atoms with van der Waals surface area (Å²) in [4.78, 5) is 18.9. The number of nitro groups is 1. The van der Waals surface area contributed by atoms with Crippen LogP contribution in [0.4, 0.5) is 11.5 Å². The number of ether oxygens (including phenoxy) is 1. The second kappa shape index (κ2) is 7.02. The van der Waals surface area contributed by atoms with Gasteiger partial charge >= 0.3 is 5.69 Å². The van der Waals surface area contributed by atoms with Crippen LogP contribution in [0.25, 0.3) is 0 Å².